The molecule has 0 unspecified atom stereocenters. The number of amides is 1. The van der Waals surface area contributed by atoms with Crippen LogP contribution in [0.2, 0.25) is 0 Å². The minimum Gasteiger partial charge on any atom is -0.506 e. The fourth-order valence-corrected chi connectivity index (χ4v) is 7.09. The smallest absolute Gasteiger partial charge is 0.255 e. The first-order chi connectivity index (χ1) is 23.8. The molecule has 1 amide bonds. The molecule has 0 aliphatic rings. The highest BCUT2D eigenvalue weighted by molar-refractivity contribution is 7.91. The molecule has 0 fully saturated rings. The van der Waals surface area contributed by atoms with Crippen molar-refractivity contribution in [3.8, 4) is 11.5 Å². The summed E-state index contributed by atoms with van der Waals surface area (Å²) in [7, 11) is -5.26. The van der Waals surface area contributed by atoms with E-state index in [1.807, 2.05) is 0 Å². The third-order valence-electron chi connectivity index (χ3n) is 7.87. The van der Waals surface area contributed by atoms with E-state index in [0.29, 0.717) is 44.6 Å². The molecule has 0 saturated heterocycles. The number of anilines is 2. The van der Waals surface area contributed by atoms with E-state index in [2.05, 4.69) is 31.1 Å². The number of carbonyl (C=O) groups is 1. The summed E-state index contributed by atoms with van der Waals surface area (Å²) in [5, 5.41) is 45.2. The molecular weight excluding hydrogens is 681 g/mol. The second kappa shape index (κ2) is 14.4. The van der Waals surface area contributed by atoms with Gasteiger partial charge in [0.1, 0.15) is 22.8 Å². The SMILES string of the molecule is CCS(=O)(=O)c1cccc(NC(=O)c2ccc(N=Nc3c(NC)ccc4c(O)c(N=Nc5cc(C)c(S(=O)(=O)CC)cc5O)ccc34)cc2)c1. The Bertz CT molecular complexity index is 2390. The summed E-state index contributed by atoms with van der Waals surface area (Å²) in [4.78, 5) is 13.0. The van der Waals surface area contributed by atoms with E-state index < -0.39 is 25.6 Å². The molecule has 258 valence electrons. The summed E-state index contributed by atoms with van der Waals surface area (Å²) in [5.74, 6) is -1.16. The van der Waals surface area contributed by atoms with E-state index in [1.54, 1.807) is 75.5 Å². The molecule has 4 N–H and O–H groups in total. The molecule has 5 aromatic carbocycles. The molecule has 0 spiro atoms. The standard InChI is InChI=1S/C35H34N6O7S2/c1-5-49(45,46)25-9-7-8-24(19-25)37-35(44)22-10-12-23(13-11-22)38-41-33-26-14-17-29(34(43)27(26)15-16-28(33)36-4)39-40-30-18-21(3)32(20-31(30)42)50(47,48)6-2/h7-20,36,42-43H,5-6H2,1-4H3,(H,37,44). The Morgan fingerprint density at radius 3 is 2.10 bits per heavy atom. The third-order valence-corrected chi connectivity index (χ3v) is 11.5. The Labute approximate surface area is 289 Å². The lowest BCUT2D eigenvalue weighted by Gasteiger charge is -2.11. The Kier molecular flexibility index (Phi) is 10.3. The normalized spacial score (nSPS) is 12.2. The van der Waals surface area contributed by atoms with E-state index >= 15 is 0 Å². The summed E-state index contributed by atoms with van der Waals surface area (Å²) in [6.07, 6.45) is 0. The van der Waals surface area contributed by atoms with Crippen molar-refractivity contribution in [2.45, 2.75) is 30.6 Å². The number of aromatic hydroxyl groups is 2. The molecule has 0 aliphatic carbocycles. The highest BCUT2D eigenvalue weighted by atomic mass is 32.2. The van der Waals surface area contributed by atoms with Gasteiger partial charge >= 0.3 is 0 Å². The van der Waals surface area contributed by atoms with Crippen molar-refractivity contribution in [2.75, 3.05) is 29.2 Å². The molecule has 0 aliphatic heterocycles. The van der Waals surface area contributed by atoms with Crippen molar-refractivity contribution in [3.63, 3.8) is 0 Å². The lowest BCUT2D eigenvalue weighted by molar-refractivity contribution is 0.102. The zero-order valence-corrected chi connectivity index (χ0v) is 29.2. The van der Waals surface area contributed by atoms with Crippen LogP contribution in [-0.2, 0) is 19.7 Å². The van der Waals surface area contributed by atoms with Gasteiger partial charge in [-0.25, -0.2) is 16.8 Å². The van der Waals surface area contributed by atoms with Crippen LogP contribution in [0.1, 0.15) is 29.8 Å². The van der Waals surface area contributed by atoms with Gasteiger partial charge in [-0.2, -0.15) is 5.11 Å². The number of nitrogens with one attached hydrogen (secondary N) is 2. The number of nitrogens with zero attached hydrogens (tertiary/aromatic N) is 4. The van der Waals surface area contributed by atoms with Crippen molar-refractivity contribution in [2.24, 2.45) is 20.5 Å². The van der Waals surface area contributed by atoms with E-state index in [4.69, 9.17) is 0 Å². The first kappa shape index (κ1) is 35.6. The van der Waals surface area contributed by atoms with Crippen LogP contribution >= 0.6 is 0 Å². The Morgan fingerprint density at radius 1 is 0.740 bits per heavy atom. The highest BCUT2D eigenvalue weighted by Crippen LogP contribution is 2.43. The molecule has 5 aromatic rings. The topological polar surface area (TPSA) is 199 Å². The van der Waals surface area contributed by atoms with Crippen LogP contribution in [0.15, 0.2) is 115 Å². The molecule has 5 rings (SSSR count). The van der Waals surface area contributed by atoms with Gasteiger partial charge in [-0.1, -0.05) is 19.9 Å². The predicted octanol–water partition coefficient (Wildman–Crippen LogP) is 8.27. The van der Waals surface area contributed by atoms with E-state index in [9.17, 15) is 31.8 Å². The molecule has 0 saturated carbocycles. The van der Waals surface area contributed by atoms with Crippen LogP contribution < -0.4 is 10.6 Å². The van der Waals surface area contributed by atoms with Crippen molar-refractivity contribution >= 4 is 70.5 Å². The van der Waals surface area contributed by atoms with Crippen LogP contribution in [0.4, 0.5) is 34.1 Å². The fourth-order valence-electron chi connectivity index (χ4n) is 5.02. The number of rotatable bonds is 11. The minimum atomic E-state index is -3.55. The summed E-state index contributed by atoms with van der Waals surface area (Å²) < 4.78 is 49.1. The van der Waals surface area contributed by atoms with Gasteiger partial charge in [0.15, 0.2) is 25.4 Å². The molecule has 0 radical (unpaired) electrons. The maximum absolute atomic E-state index is 12.8. The monoisotopic (exact) mass is 714 g/mol. The summed E-state index contributed by atoms with van der Waals surface area (Å²) >= 11 is 0. The first-order valence-electron chi connectivity index (χ1n) is 15.4. The van der Waals surface area contributed by atoms with Crippen molar-refractivity contribution in [1.29, 1.82) is 0 Å². The van der Waals surface area contributed by atoms with E-state index in [1.165, 1.54) is 31.2 Å². The summed E-state index contributed by atoms with van der Waals surface area (Å²) in [6, 6.07) is 21.6. The number of benzene rings is 5. The van der Waals surface area contributed by atoms with Crippen LogP contribution in [-0.4, -0.2) is 51.5 Å². The Morgan fingerprint density at radius 2 is 1.42 bits per heavy atom. The zero-order valence-electron chi connectivity index (χ0n) is 27.5. The number of hydrogen-bond donors (Lipinski definition) is 4. The van der Waals surface area contributed by atoms with Gasteiger partial charge in [-0.05, 0) is 85.3 Å². The number of sulfone groups is 2. The Balaban J connectivity index is 1.38. The van der Waals surface area contributed by atoms with Gasteiger partial charge < -0.3 is 20.8 Å². The summed E-state index contributed by atoms with van der Waals surface area (Å²) in [5.41, 5.74) is 2.72. The quantitative estimate of drug-likeness (QED) is 0.0979. The highest BCUT2D eigenvalue weighted by Gasteiger charge is 2.19. The number of carbonyl (C=O) groups excluding carboxylic acids is 1. The molecule has 0 aromatic heterocycles. The van der Waals surface area contributed by atoms with Crippen LogP contribution in [0.3, 0.4) is 0 Å². The number of phenolic OH excluding ortho intramolecular Hbond substituents is 2. The second-order valence-electron chi connectivity index (χ2n) is 11.1. The van der Waals surface area contributed by atoms with Crippen LogP contribution in [0, 0.1) is 6.92 Å². The number of hydrogen-bond acceptors (Lipinski definition) is 12. The van der Waals surface area contributed by atoms with Gasteiger partial charge in [-0.3, -0.25) is 4.79 Å². The number of azo groups is 2. The predicted molar refractivity (Wildman–Crippen MR) is 193 cm³/mol. The molecule has 13 nitrogen and oxygen atoms in total. The average molecular weight is 715 g/mol. The lowest BCUT2D eigenvalue weighted by atomic mass is 10.1. The maximum Gasteiger partial charge on any atom is 0.255 e. The summed E-state index contributed by atoms with van der Waals surface area (Å²) in [6.45, 7) is 4.67. The molecule has 15 heteroatoms. The van der Waals surface area contributed by atoms with E-state index in [-0.39, 0.29) is 44.2 Å². The van der Waals surface area contributed by atoms with E-state index in [0.717, 1.165) is 6.07 Å². The molecule has 50 heavy (non-hydrogen) atoms. The van der Waals surface area contributed by atoms with Crippen LogP contribution in [0.5, 0.6) is 11.5 Å². The Hall–Kier alpha value is -5.67. The molecule has 0 heterocycles. The van der Waals surface area contributed by atoms with Gasteiger partial charge in [0.25, 0.3) is 5.91 Å². The molecular formula is C35H34N6O7S2. The van der Waals surface area contributed by atoms with Gasteiger partial charge in [0.05, 0.1) is 32.7 Å². The third kappa shape index (κ3) is 7.48. The van der Waals surface area contributed by atoms with Gasteiger partial charge in [-0.15, -0.1) is 15.3 Å². The molecule has 0 atom stereocenters. The first-order valence-corrected chi connectivity index (χ1v) is 18.7. The van der Waals surface area contributed by atoms with Crippen molar-refractivity contribution in [3.05, 3.63) is 96.1 Å². The maximum atomic E-state index is 12.8. The van der Waals surface area contributed by atoms with Crippen LogP contribution in [0.25, 0.3) is 10.8 Å². The minimum absolute atomic E-state index is 0.0125. The second-order valence-corrected chi connectivity index (χ2v) is 15.6. The van der Waals surface area contributed by atoms with Gasteiger partial charge in [0, 0.05) is 35.1 Å². The lowest BCUT2D eigenvalue weighted by Crippen LogP contribution is -2.12. The number of phenols is 2. The number of aryl methyl sites for hydroxylation is 1. The number of fused-ring (bicyclic) bond motifs is 1. The van der Waals surface area contributed by atoms with Gasteiger partial charge in [0.2, 0.25) is 0 Å². The van der Waals surface area contributed by atoms with Crippen molar-refractivity contribution in [1.82, 2.24) is 0 Å². The largest absolute Gasteiger partial charge is 0.506 e. The van der Waals surface area contributed by atoms with Crippen molar-refractivity contribution < 1.29 is 31.8 Å². The zero-order chi connectivity index (χ0) is 36.2. The average Bonchev–Trinajstić information content (AvgIpc) is 3.11. The fraction of sp³-hybridized carbons (Fsp3) is 0.171. The molecule has 0 bridgehead atoms.